The molecule has 0 unspecified atom stereocenters. The number of methoxy groups -OCH3 is 1. The summed E-state index contributed by atoms with van der Waals surface area (Å²) in [5.41, 5.74) is -1.20. The topological polar surface area (TPSA) is 72.0 Å². The summed E-state index contributed by atoms with van der Waals surface area (Å²) in [6.45, 7) is 8.67. The minimum Gasteiger partial charge on any atom is -0.492 e. The van der Waals surface area contributed by atoms with Crippen molar-refractivity contribution in [1.29, 1.82) is 0 Å². The van der Waals surface area contributed by atoms with E-state index in [4.69, 9.17) is 9.47 Å². The van der Waals surface area contributed by atoms with Crippen LogP contribution >= 0.6 is 0 Å². The lowest BCUT2D eigenvalue weighted by atomic mass is 9.94. The number of nitrogens with zero attached hydrogens (tertiary/aromatic N) is 3. The Kier molecular flexibility index (Phi) is 9.44. The van der Waals surface area contributed by atoms with Crippen molar-refractivity contribution >= 4 is 11.9 Å². The molecule has 0 bridgehead atoms. The van der Waals surface area contributed by atoms with Crippen LogP contribution in [0, 0.1) is 11.7 Å². The summed E-state index contributed by atoms with van der Waals surface area (Å²) in [5.74, 6) is -0.660. The van der Waals surface area contributed by atoms with Crippen molar-refractivity contribution in [2.75, 3.05) is 39.9 Å². The number of hydrogen-bond donors (Lipinski definition) is 0. The Morgan fingerprint density at radius 3 is 2.45 bits per heavy atom. The van der Waals surface area contributed by atoms with Crippen LogP contribution in [0.15, 0.2) is 36.5 Å². The van der Waals surface area contributed by atoms with Crippen LogP contribution in [0.5, 0.6) is 5.75 Å². The number of aromatic nitrogens is 1. The SMILES string of the molecule is CCC(F)(CC)CN1CCC(COc2ccc(-c3ccc(C(=O)N4CCC[C@@]4(C)C(=O)OC)c(F)c3)nc2)CC1. The molecule has 1 amide bonds. The first-order chi connectivity index (χ1) is 19.1. The van der Waals surface area contributed by atoms with Crippen LogP contribution < -0.4 is 4.74 Å². The summed E-state index contributed by atoms with van der Waals surface area (Å²) in [5, 5.41) is 0. The zero-order valence-corrected chi connectivity index (χ0v) is 24.1. The lowest BCUT2D eigenvalue weighted by Crippen LogP contribution is -2.51. The van der Waals surface area contributed by atoms with Gasteiger partial charge < -0.3 is 19.3 Å². The predicted octanol–water partition coefficient (Wildman–Crippen LogP) is 5.67. The highest BCUT2D eigenvalue weighted by Gasteiger charge is 2.47. The molecule has 0 saturated carbocycles. The van der Waals surface area contributed by atoms with Gasteiger partial charge in [-0.15, -0.1) is 0 Å². The van der Waals surface area contributed by atoms with Crippen LogP contribution in [0.4, 0.5) is 8.78 Å². The zero-order valence-electron chi connectivity index (χ0n) is 24.1. The molecule has 40 heavy (non-hydrogen) atoms. The first-order valence-corrected chi connectivity index (χ1v) is 14.3. The van der Waals surface area contributed by atoms with Gasteiger partial charge in [-0.1, -0.05) is 19.9 Å². The fourth-order valence-electron chi connectivity index (χ4n) is 5.75. The van der Waals surface area contributed by atoms with E-state index in [9.17, 15) is 14.0 Å². The predicted molar refractivity (Wildman–Crippen MR) is 149 cm³/mol. The highest BCUT2D eigenvalue weighted by atomic mass is 19.1. The molecule has 2 aliphatic heterocycles. The summed E-state index contributed by atoms with van der Waals surface area (Å²) >= 11 is 0. The van der Waals surface area contributed by atoms with E-state index in [0.717, 1.165) is 25.9 Å². The molecule has 0 N–H and O–H groups in total. The van der Waals surface area contributed by atoms with E-state index in [1.54, 1.807) is 31.3 Å². The number of ether oxygens (including phenoxy) is 2. The third-order valence-electron chi connectivity index (χ3n) is 8.71. The number of benzene rings is 1. The van der Waals surface area contributed by atoms with Crippen molar-refractivity contribution in [3.8, 4) is 17.0 Å². The fourth-order valence-corrected chi connectivity index (χ4v) is 5.75. The molecule has 4 rings (SSSR count). The number of likely N-dealkylation sites (tertiary alicyclic amines) is 2. The van der Waals surface area contributed by atoms with E-state index in [2.05, 4.69) is 9.88 Å². The van der Waals surface area contributed by atoms with Gasteiger partial charge in [-0.3, -0.25) is 9.78 Å². The molecule has 0 radical (unpaired) electrons. The third-order valence-corrected chi connectivity index (χ3v) is 8.71. The number of halogens is 2. The van der Waals surface area contributed by atoms with E-state index in [-0.39, 0.29) is 5.56 Å². The number of carbonyl (C=O) groups is 2. The van der Waals surface area contributed by atoms with Crippen LogP contribution in [0.25, 0.3) is 11.3 Å². The Bertz CT molecular complexity index is 1180. The Balaban J connectivity index is 1.32. The fraction of sp³-hybridized carbons (Fsp3) is 0.581. The number of rotatable bonds is 10. The Labute approximate surface area is 235 Å². The van der Waals surface area contributed by atoms with Crippen molar-refractivity contribution in [1.82, 2.24) is 14.8 Å². The molecule has 1 aromatic heterocycles. The normalized spacial score (nSPS) is 20.5. The second kappa shape index (κ2) is 12.6. The number of hydrogen-bond acceptors (Lipinski definition) is 6. The van der Waals surface area contributed by atoms with Crippen LogP contribution in [0.2, 0.25) is 0 Å². The maximum Gasteiger partial charge on any atom is 0.331 e. The molecular formula is C31H41F2N3O4. The lowest BCUT2D eigenvalue weighted by molar-refractivity contribution is -0.151. The van der Waals surface area contributed by atoms with Crippen LogP contribution in [0.3, 0.4) is 0 Å². The maximum absolute atomic E-state index is 15.1. The van der Waals surface area contributed by atoms with E-state index < -0.39 is 28.9 Å². The second-order valence-electron chi connectivity index (χ2n) is 11.3. The number of esters is 1. The standard InChI is InChI=1S/C31H41F2N3O4/c1-5-31(33,6-2)21-35-16-12-22(13-17-35)20-40-24-9-11-27(34-19-24)23-8-10-25(26(32)18-23)28(37)36-15-7-14-30(36,3)29(38)39-4/h8-11,18-19,22H,5-7,12-17,20-21H2,1-4H3/t30-/m0/s1. The molecule has 3 heterocycles. The van der Waals surface area contributed by atoms with Gasteiger partial charge in [0.15, 0.2) is 0 Å². The molecule has 218 valence electrons. The first-order valence-electron chi connectivity index (χ1n) is 14.3. The van der Waals surface area contributed by atoms with Gasteiger partial charge in [0.1, 0.15) is 22.8 Å². The zero-order chi connectivity index (χ0) is 28.9. The van der Waals surface area contributed by atoms with Gasteiger partial charge in [-0.25, -0.2) is 13.6 Å². The van der Waals surface area contributed by atoms with E-state index in [1.807, 2.05) is 13.8 Å². The van der Waals surface area contributed by atoms with Gasteiger partial charge in [0.25, 0.3) is 5.91 Å². The van der Waals surface area contributed by atoms with Gasteiger partial charge in [0.05, 0.1) is 31.2 Å². The van der Waals surface area contributed by atoms with Crippen molar-refractivity contribution in [3.63, 3.8) is 0 Å². The maximum atomic E-state index is 15.1. The molecule has 0 aliphatic carbocycles. The molecule has 0 spiro atoms. The highest BCUT2D eigenvalue weighted by Crippen LogP contribution is 2.33. The molecule has 1 atom stereocenters. The van der Waals surface area contributed by atoms with E-state index in [0.29, 0.717) is 68.3 Å². The van der Waals surface area contributed by atoms with Crippen molar-refractivity contribution in [3.05, 3.63) is 47.9 Å². The smallest absolute Gasteiger partial charge is 0.331 e. The number of pyridine rings is 1. The summed E-state index contributed by atoms with van der Waals surface area (Å²) in [6.07, 6.45) is 5.75. The summed E-state index contributed by atoms with van der Waals surface area (Å²) in [7, 11) is 1.29. The van der Waals surface area contributed by atoms with Crippen molar-refractivity contribution in [2.24, 2.45) is 5.92 Å². The molecular weight excluding hydrogens is 516 g/mol. The van der Waals surface area contributed by atoms with Crippen LogP contribution in [0.1, 0.15) is 69.7 Å². The molecule has 2 fully saturated rings. The van der Waals surface area contributed by atoms with Gasteiger partial charge in [0.2, 0.25) is 0 Å². The number of amides is 1. The van der Waals surface area contributed by atoms with Crippen LogP contribution in [-0.2, 0) is 9.53 Å². The second-order valence-corrected chi connectivity index (χ2v) is 11.3. The lowest BCUT2D eigenvalue weighted by Gasteiger charge is -2.36. The number of piperidine rings is 1. The molecule has 7 nitrogen and oxygen atoms in total. The number of alkyl halides is 1. The molecule has 2 aromatic rings. The highest BCUT2D eigenvalue weighted by molar-refractivity contribution is 5.99. The van der Waals surface area contributed by atoms with Gasteiger partial charge in [-0.05, 0) is 88.7 Å². The minimum absolute atomic E-state index is 0.0895. The monoisotopic (exact) mass is 557 g/mol. The number of carbonyl (C=O) groups excluding carboxylic acids is 2. The molecule has 2 aliphatic rings. The largest absolute Gasteiger partial charge is 0.492 e. The van der Waals surface area contributed by atoms with E-state index in [1.165, 1.54) is 24.1 Å². The first kappa shape index (κ1) is 29.9. The summed E-state index contributed by atoms with van der Waals surface area (Å²) in [6, 6.07) is 7.95. The van der Waals surface area contributed by atoms with Crippen molar-refractivity contribution in [2.45, 2.75) is 70.5 Å². The van der Waals surface area contributed by atoms with Gasteiger partial charge >= 0.3 is 5.97 Å². The minimum atomic E-state index is -1.10. The third kappa shape index (κ3) is 6.45. The van der Waals surface area contributed by atoms with Gasteiger partial charge in [0, 0.05) is 18.7 Å². The molecule has 9 heteroatoms. The average molecular weight is 558 g/mol. The Morgan fingerprint density at radius 2 is 1.85 bits per heavy atom. The Morgan fingerprint density at radius 1 is 1.12 bits per heavy atom. The average Bonchev–Trinajstić information content (AvgIpc) is 3.38. The van der Waals surface area contributed by atoms with E-state index >= 15 is 4.39 Å². The summed E-state index contributed by atoms with van der Waals surface area (Å²) < 4.78 is 40.7. The summed E-state index contributed by atoms with van der Waals surface area (Å²) in [4.78, 5) is 33.5. The van der Waals surface area contributed by atoms with Gasteiger partial charge in [-0.2, -0.15) is 0 Å². The molecule has 2 saturated heterocycles. The molecule has 1 aromatic carbocycles. The van der Waals surface area contributed by atoms with Crippen LogP contribution in [-0.4, -0.2) is 77.8 Å². The Hall–Kier alpha value is -3.07. The van der Waals surface area contributed by atoms with Crippen molar-refractivity contribution < 1.29 is 27.8 Å². The quantitative estimate of drug-likeness (QED) is 0.351.